The minimum Gasteiger partial charge on any atom is -0.464 e. The Morgan fingerprint density at radius 3 is 2.20 bits per heavy atom. The number of esters is 2. The summed E-state index contributed by atoms with van der Waals surface area (Å²) in [5, 5.41) is 0. The summed E-state index contributed by atoms with van der Waals surface area (Å²) in [7, 11) is 4.21. The van der Waals surface area contributed by atoms with E-state index >= 15 is 0 Å². The molecule has 0 unspecified atom stereocenters. The van der Waals surface area contributed by atoms with Gasteiger partial charge in [0.2, 0.25) is 0 Å². The van der Waals surface area contributed by atoms with Crippen LogP contribution in [-0.4, -0.2) is 30.7 Å². The maximum atomic E-state index is 11.4. The second-order valence-electron chi connectivity index (χ2n) is 3.10. The van der Waals surface area contributed by atoms with E-state index in [2.05, 4.69) is 9.47 Å². The van der Waals surface area contributed by atoms with Crippen molar-refractivity contribution >= 4 is 11.9 Å². The summed E-state index contributed by atoms with van der Waals surface area (Å²) in [5.41, 5.74) is 1.37. The molecule has 0 atom stereocenters. The van der Waals surface area contributed by atoms with Crippen molar-refractivity contribution in [2.75, 3.05) is 14.2 Å². The van der Waals surface area contributed by atoms with E-state index in [1.165, 1.54) is 18.8 Å². The third kappa shape index (κ3) is 1.86. The maximum absolute atomic E-state index is 11.4. The molecule has 15 heavy (non-hydrogen) atoms. The Morgan fingerprint density at radius 2 is 1.73 bits per heavy atom. The molecule has 0 saturated heterocycles. The topological polar surface area (TPSA) is 57.5 Å². The summed E-state index contributed by atoms with van der Waals surface area (Å²) >= 11 is 0. The normalized spacial score (nSPS) is 9.87. The Hall–Kier alpha value is -1.78. The highest BCUT2D eigenvalue weighted by molar-refractivity contribution is 5.94. The lowest BCUT2D eigenvalue weighted by molar-refractivity contribution is 0.0580. The van der Waals surface area contributed by atoms with Crippen LogP contribution in [0.3, 0.4) is 0 Å². The van der Waals surface area contributed by atoms with Gasteiger partial charge >= 0.3 is 11.9 Å². The predicted octanol–water partition coefficient (Wildman–Crippen LogP) is 0.907. The molecule has 5 nitrogen and oxygen atoms in total. The van der Waals surface area contributed by atoms with Crippen LogP contribution in [0.15, 0.2) is 6.07 Å². The van der Waals surface area contributed by atoms with Gasteiger partial charge in [-0.05, 0) is 18.6 Å². The Bertz CT molecular complexity index is 406. The van der Waals surface area contributed by atoms with Crippen LogP contribution in [-0.2, 0) is 16.5 Å². The number of aromatic nitrogens is 1. The van der Waals surface area contributed by atoms with E-state index in [9.17, 15) is 9.59 Å². The van der Waals surface area contributed by atoms with Crippen molar-refractivity contribution in [1.82, 2.24) is 4.57 Å². The molecular weight excluding hydrogens is 198 g/mol. The average molecular weight is 211 g/mol. The van der Waals surface area contributed by atoms with Gasteiger partial charge in [0.25, 0.3) is 0 Å². The van der Waals surface area contributed by atoms with Gasteiger partial charge < -0.3 is 14.0 Å². The number of hydrogen-bond donors (Lipinski definition) is 0. The Labute approximate surface area is 87.6 Å². The second-order valence-corrected chi connectivity index (χ2v) is 3.10. The van der Waals surface area contributed by atoms with Crippen molar-refractivity contribution in [2.24, 2.45) is 7.05 Å². The van der Waals surface area contributed by atoms with Gasteiger partial charge in [-0.3, -0.25) is 0 Å². The molecule has 0 aliphatic heterocycles. The molecule has 1 heterocycles. The van der Waals surface area contributed by atoms with Crippen LogP contribution < -0.4 is 0 Å². The first-order valence-corrected chi connectivity index (χ1v) is 4.35. The van der Waals surface area contributed by atoms with Crippen LogP contribution in [0, 0.1) is 6.92 Å². The Balaban J connectivity index is 3.26. The zero-order chi connectivity index (χ0) is 11.6. The molecular formula is C10H13NO4. The molecule has 0 spiro atoms. The predicted molar refractivity (Wildman–Crippen MR) is 52.8 cm³/mol. The molecule has 0 bridgehead atoms. The fourth-order valence-electron chi connectivity index (χ4n) is 1.45. The standard InChI is InChI=1S/C10H13NO4/c1-6-5-7(9(12)14-3)11(2)8(6)10(13)15-4/h5H,1-4H3. The molecule has 0 N–H and O–H groups in total. The molecule has 0 saturated carbocycles. The lowest BCUT2D eigenvalue weighted by Gasteiger charge is -2.04. The van der Waals surface area contributed by atoms with Crippen molar-refractivity contribution in [1.29, 1.82) is 0 Å². The molecule has 1 aromatic heterocycles. The van der Waals surface area contributed by atoms with E-state index in [1.54, 1.807) is 20.0 Å². The largest absolute Gasteiger partial charge is 0.464 e. The number of carbonyl (C=O) groups is 2. The third-order valence-corrected chi connectivity index (χ3v) is 2.20. The van der Waals surface area contributed by atoms with Gasteiger partial charge in [-0.15, -0.1) is 0 Å². The van der Waals surface area contributed by atoms with Gasteiger partial charge in [0.15, 0.2) is 0 Å². The maximum Gasteiger partial charge on any atom is 0.354 e. The highest BCUT2D eigenvalue weighted by Crippen LogP contribution is 2.15. The van der Waals surface area contributed by atoms with Gasteiger partial charge in [0, 0.05) is 7.05 Å². The van der Waals surface area contributed by atoms with Crippen LogP contribution in [0.1, 0.15) is 26.5 Å². The van der Waals surface area contributed by atoms with Gasteiger partial charge in [-0.1, -0.05) is 0 Å². The van der Waals surface area contributed by atoms with Crippen molar-refractivity contribution in [2.45, 2.75) is 6.92 Å². The summed E-state index contributed by atoms with van der Waals surface area (Å²) in [5.74, 6) is -0.944. The highest BCUT2D eigenvalue weighted by Gasteiger charge is 2.21. The van der Waals surface area contributed by atoms with Crippen LogP contribution >= 0.6 is 0 Å². The number of aryl methyl sites for hydroxylation is 1. The van der Waals surface area contributed by atoms with E-state index in [-0.39, 0.29) is 0 Å². The minimum absolute atomic E-state index is 0.329. The number of hydrogen-bond acceptors (Lipinski definition) is 4. The highest BCUT2D eigenvalue weighted by atomic mass is 16.5. The molecule has 0 aliphatic carbocycles. The van der Waals surface area contributed by atoms with E-state index in [0.717, 1.165) is 0 Å². The zero-order valence-corrected chi connectivity index (χ0v) is 9.16. The number of ether oxygens (including phenoxy) is 2. The van der Waals surface area contributed by atoms with Crippen molar-refractivity contribution in [3.05, 3.63) is 23.0 Å². The summed E-state index contributed by atoms with van der Waals surface area (Å²) in [6.07, 6.45) is 0. The molecule has 0 fully saturated rings. The molecule has 0 amide bonds. The summed E-state index contributed by atoms with van der Waals surface area (Å²) < 4.78 is 10.7. The van der Waals surface area contributed by atoms with Gasteiger partial charge in [-0.25, -0.2) is 9.59 Å². The van der Waals surface area contributed by atoms with Crippen LogP contribution in [0.25, 0.3) is 0 Å². The summed E-state index contributed by atoms with van der Waals surface area (Å²) in [6, 6.07) is 1.60. The minimum atomic E-state index is -0.476. The van der Waals surface area contributed by atoms with E-state index in [1.807, 2.05) is 0 Å². The van der Waals surface area contributed by atoms with Crippen molar-refractivity contribution in [3.8, 4) is 0 Å². The first-order valence-electron chi connectivity index (χ1n) is 4.35. The molecule has 5 heteroatoms. The van der Waals surface area contributed by atoms with Gasteiger partial charge in [0.1, 0.15) is 11.4 Å². The molecule has 1 rings (SSSR count). The molecule has 0 aliphatic rings. The second kappa shape index (κ2) is 4.16. The third-order valence-electron chi connectivity index (χ3n) is 2.20. The molecule has 0 aromatic carbocycles. The SMILES string of the molecule is COC(=O)c1cc(C)c(C(=O)OC)n1C. The number of rotatable bonds is 2. The Morgan fingerprint density at radius 1 is 1.20 bits per heavy atom. The molecule has 82 valence electrons. The van der Waals surface area contributed by atoms with E-state index in [4.69, 9.17) is 0 Å². The first kappa shape index (κ1) is 11.3. The Kier molecular flexibility index (Phi) is 3.14. The number of carbonyl (C=O) groups excluding carboxylic acids is 2. The summed E-state index contributed by atoms with van der Waals surface area (Å²) in [6.45, 7) is 1.73. The van der Waals surface area contributed by atoms with Crippen LogP contribution in [0.2, 0.25) is 0 Å². The van der Waals surface area contributed by atoms with Crippen LogP contribution in [0.4, 0.5) is 0 Å². The first-order chi connectivity index (χ1) is 7.02. The van der Waals surface area contributed by atoms with Crippen LogP contribution in [0.5, 0.6) is 0 Å². The average Bonchev–Trinajstić information content (AvgIpc) is 2.52. The fraction of sp³-hybridized carbons (Fsp3) is 0.400. The van der Waals surface area contributed by atoms with Crippen molar-refractivity contribution in [3.63, 3.8) is 0 Å². The van der Waals surface area contributed by atoms with E-state index < -0.39 is 11.9 Å². The number of methoxy groups -OCH3 is 2. The van der Waals surface area contributed by atoms with Crippen molar-refractivity contribution < 1.29 is 19.1 Å². The quantitative estimate of drug-likeness (QED) is 0.682. The van der Waals surface area contributed by atoms with Gasteiger partial charge in [-0.2, -0.15) is 0 Å². The lowest BCUT2D eigenvalue weighted by Crippen LogP contribution is -2.13. The smallest absolute Gasteiger partial charge is 0.354 e. The van der Waals surface area contributed by atoms with E-state index in [0.29, 0.717) is 17.0 Å². The zero-order valence-electron chi connectivity index (χ0n) is 9.16. The lowest BCUT2D eigenvalue weighted by atomic mass is 10.2. The fourth-order valence-corrected chi connectivity index (χ4v) is 1.45. The molecule has 1 aromatic rings. The number of nitrogens with zero attached hydrogens (tertiary/aromatic N) is 1. The monoisotopic (exact) mass is 211 g/mol. The molecule has 0 radical (unpaired) electrons. The summed E-state index contributed by atoms with van der Waals surface area (Å²) in [4.78, 5) is 22.7. The van der Waals surface area contributed by atoms with Gasteiger partial charge in [0.05, 0.1) is 14.2 Å².